The van der Waals surface area contributed by atoms with E-state index < -0.39 is 15.9 Å². The van der Waals surface area contributed by atoms with Crippen LogP contribution in [-0.4, -0.2) is 38.2 Å². The lowest BCUT2D eigenvalue weighted by atomic mass is 9.81. The number of nitrogens with two attached hydrogens (primary N) is 1. The number of hydrogen-bond acceptors (Lipinski definition) is 4. The lowest BCUT2D eigenvalue weighted by Gasteiger charge is -2.31. The van der Waals surface area contributed by atoms with Gasteiger partial charge in [-0.15, -0.1) is 0 Å². The van der Waals surface area contributed by atoms with Gasteiger partial charge in [-0.2, -0.15) is 0 Å². The molecule has 0 aromatic rings. The van der Waals surface area contributed by atoms with Gasteiger partial charge in [-0.3, -0.25) is 0 Å². The van der Waals surface area contributed by atoms with Crippen molar-refractivity contribution in [1.82, 2.24) is 0 Å². The molecule has 5 heteroatoms. The minimum atomic E-state index is -2.90. The normalized spacial score (nSPS) is 18.9. The Morgan fingerprint density at radius 3 is 2.29 bits per heavy atom. The number of hydrogen-bond donors (Lipinski definition) is 2. The average molecular weight is 223 g/mol. The van der Waals surface area contributed by atoms with E-state index in [0.717, 1.165) is 0 Å². The number of sulfone groups is 1. The van der Waals surface area contributed by atoms with Gasteiger partial charge in [0, 0.05) is 24.0 Å². The highest BCUT2D eigenvalue weighted by Crippen LogP contribution is 2.26. The molecule has 0 radical (unpaired) electrons. The molecule has 0 aliphatic carbocycles. The van der Waals surface area contributed by atoms with Crippen LogP contribution in [0.4, 0.5) is 0 Å². The van der Waals surface area contributed by atoms with Crippen molar-refractivity contribution >= 4 is 9.84 Å². The van der Waals surface area contributed by atoms with Crippen LogP contribution in [0.3, 0.4) is 0 Å². The predicted molar refractivity (Wildman–Crippen MR) is 57.8 cm³/mol. The van der Waals surface area contributed by atoms with Crippen molar-refractivity contribution < 1.29 is 13.5 Å². The third kappa shape index (κ3) is 4.93. The molecule has 0 spiro atoms. The largest absolute Gasteiger partial charge is 0.393 e. The smallest absolute Gasteiger partial charge is 0.147 e. The summed E-state index contributed by atoms with van der Waals surface area (Å²) in [6, 6.07) is 0. The zero-order valence-electron chi connectivity index (χ0n) is 9.16. The van der Waals surface area contributed by atoms with E-state index in [0.29, 0.717) is 19.4 Å². The molecule has 4 nitrogen and oxygen atoms in total. The Morgan fingerprint density at radius 2 is 2.00 bits per heavy atom. The highest BCUT2D eigenvalue weighted by atomic mass is 32.2. The first-order valence-corrected chi connectivity index (χ1v) is 6.83. The van der Waals surface area contributed by atoms with E-state index in [1.54, 1.807) is 6.92 Å². The van der Waals surface area contributed by atoms with Crippen molar-refractivity contribution in [2.45, 2.75) is 32.8 Å². The van der Waals surface area contributed by atoms with E-state index in [9.17, 15) is 13.5 Å². The van der Waals surface area contributed by atoms with Gasteiger partial charge in [0.15, 0.2) is 0 Å². The fraction of sp³-hybridized carbons (Fsp3) is 1.00. The molecule has 0 saturated carbocycles. The Kier molecular flexibility index (Phi) is 5.05. The average Bonchev–Trinajstić information content (AvgIpc) is 2.01. The Hall–Kier alpha value is -0.130. The van der Waals surface area contributed by atoms with Crippen LogP contribution in [-0.2, 0) is 9.84 Å². The zero-order valence-corrected chi connectivity index (χ0v) is 9.97. The van der Waals surface area contributed by atoms with Crippen molar-refractivity contribution in [1.29, 1.82) is 0 Å². The van der Waals surface area contributed by atoms with E-state index in [2.05, 4.69) is 0 Å². The third-order valence-corrected chi connectivity index (χ3v) is 3.77. The summed E-state index contributed by atoms with van der Waals surface area (Å²) in [5.74, 6) is 0.162. The molecule has 0 aliphatic heterocycles. The van der Waals surface area contributed by atoms with Crippen LogP contribution >= 0.6 is 0 Å². The van der Waals surface area contributed by atoms with Crippen molar-refractivity contribution in [3.05, 3.63) is 0 Å². The van der Waals surface area contributed by atoms with Crippen LogP contribution < -0.4 is 5.73 Å². The zero-order chi connectivity index (χ0) is 11.4. The van der Waals surface area contributed by atoms with Gasteiger partial charge in [0.1, 0.15) is 9.84 Å². The number of aliphatic hydroxyl groups is 1. The molecule has 0 amide bonds. The molecule has 0 rings (SSSR count). The van der Waals surface area contributed by atoms with E-state index in [-0.39, 0.29) is 11.2 Å². The summed E-state index contributed by atoms with van der Waals surface area (Å²) >= 11 is 0. The van der Waals surface area contributed by atoms with E-state index >= 15 is 0 Å². The van der Waals surface area contributed by atoms with Gasteiger partial charge in [-0.05, 0) is 19.8 Å². The minimum absolute atomic E-state index is 0.162. The monoisotopic (exact) mass is 223 g/mol. The second kappa shape index (κ2) is 5.09. The Morgan fingerprint density at radius 1 is 1.50 bits per heavy atom. The Labute approximate surface area is 86.4 Å². The van der Waals surface area contributed by atoms with Gasteiger partial charge in [0.2, 0.25) is 0 Å². The molecule has 0 aliphatic rings. The van der Waals surface area contributed by atoms with Gasteiger partial charge in [-0.25, -0.2) is 8.42 Å². The predicted octanol–water partition coefficient (Wildman–Crippen LogP) is 0.157. The molecular formula is C9H21NO3S. The van der Waals surface area contributed by atoms with Crippen LogP contribution in [0, 0.1) is 5.41 Å². The summed E-state index contributed by atoms with van der Waals surface area (Å²) in [6.07, 6.45) is 1.90. The standard InChI is InChI=1S/C9H21NO3S/c1-8(11)9(2,7-10)5-4-6-14(3,12)13/h8,11H,4-7,10H2,1-3H3. The maximum absolute atomic E-state index is 10.9. The molecule has 0 aromatic carbocycles. The van der Waals surface area contributed by atoms with Crippen molar-refractivity contribution in [2.24, 2.45) is 11.1 Å². The minimum Gasteiger partial charge on any atom is -0.393 e. The summed E-state index contributed by atoms with van der Waals surface area (Å²) in [6.45, 7) is 3.93. The summed E-state index contributed by atoms with van der Waals surface area (Å²) in [5, 5.41) is 9.47. The summed E-state index contributed by atoms with van der Waals surface area (Å²) in [7, 11) is -2.90. The molecule has 86 valence electrons. The molecule has 0 aromatic heterocycles. The van der Waals surface area contributed by atoms with E-state index in [1.165, 1.54) is 6.26 Å². The number of rotatable bonds is 6. The maximum Gasteiger partial charge on any atom is 0.147 e. The van der Waals surface area contributed by atoms with Crippen LogP contribution in [0.15, 0.2) is 0 Å². The van der Waals surface area contributed by atoms with Crippen molar-refractivity contribution in [3.8, 4) is 0 Å². The maximum atomic E-state index is 10.9. The highest BCUT2D eigenvalue weighted by Gasteiger charge is 2.28. The first-order chi connectivity index (χ1) is 6.21. The first kappa shape index (κ1) is 13.9. The Balaban J connectivity index is 4.10. The lowest BCUT2D eigenvalue weighted by Crippen LogP contribution is -2.37. The summed E-state index contributed by atoms with van der Waals surface area (Å²) in [4.78, 5) is 0. The molecule has 0 bridgehead atoms. The summed E-state index contributed by atoms with van der Waals surface area (Å²) in [5.41, 5.74) is 5.18. The van der Waals surface area contributed by atoms with E-state index in [1.807, 2.05) is 6.92 Å². The second-order valence-corrected chi connectivity index (χ2v) is 6.53. The van der Waals surface area contributed by atoms with Crippen molar-refractivity contribution in [3.63, 3.8) is 0 Å². The molecule has 2 atom stereocenters. The molecule has 0 saturated heterocycles. The molecule has 0 fully saturated rings. The van der Waals surface area contributed by atoms with Crippen LogP contribution in [0.25, 0.3) is 0 Å². The topological polar surface area (TPSA) is 80.4 Å². The molecule has 2 unspecified atom stereocenters. The number of aliphatic hydroxyl groups excluding tert-OH is 1. The fourth-order valence-electron chi connectivity index (χ4n) is 1.22. The van der Waals surface area contributed by atoms with Gasteiger partial charge in [0.05, 0.1) is 6.10 Å². The van der Waals surface area contributed by atoms with Crippen LogP contribution in [0.1, 0.15) is 26.7 Å². The van der Waals surface area contributed by atoms with Gasteiger partial charge in [0.25, 0.3) is 0 Å². The SMILES string of the molecule is CC(O)C(C)(CN)CCCS(C)(=O)=O. The second-order valence-electron chi connectivity index (χ2n) is 4.27. The van der Waals surface area contributed by atoms with Crippen molar-refractivity contribution in [2.75, 3.05) is 18.6 Å². The molecular weight excluding hydrogens is 202 g/mol. The van der Waals surface area contributed by atoms with Crippen LogP contribution in [0.5, 0.6) is 0 Å². The third-order valence-electron chi connectivity index (χ3n) is 2.74. The first-order valence-electron chi connectivity index (χ1n) is 4.77. The summed E-state index contributed by atoms with van der Waals surface area (Å²) < 4.78 is 21.8. The molecule has 0 heterocycles. The van der Waals surface area contributed by atoms with Crippen LogP contribution in [0.2, 0.25) is 0 Å². The molecule has 14 heavy (non-hydrogen) atoms. The van der Waals surface area contributed by atoms with Gasteiger partial charge < -0.3 is 10.8 Å². The van der Waals surface area contributed by atoms with E-state index in [4.69, 9.17) is 5.73 Å². The van der Waals surface area contributed by atoms with Gasteiger partial charge >= 0.3 is 0 Å². The van der Waals surface area contributed by atoms with Gasteiger partial charge in [-0.1, -0.05) is 6.92 Å². The Bertz CT molecular complexity index is 261. The quantitative estimate of drug-likeness (QED) is 0.672. The lowest BCUT2D eigenvalue weighted by molar-refractivity contribution is 0.0517. The fourth-order valence-corrected chi connectivity index (χ4v) is 1.89. The molecule has 3 N–H and O–H groups in total. The highest BCUT2D eigenvalue weighted by molar-refractivity contribution is 7.90.